The number of benzene rings is 1. The van der Waals surface area contributed by atoms with E-state index >= 15 is 0 Å². The molecular formula is C16H20N2O4. The second-order valence-electron chi connectivity index (χ2n) is 5.50. The summed E-state index contributed by atoms with van der Waals surface area (Å²) in [6, 6.07) is 4.92. The van der Waals surface area contributed by atoms with Crippen molar-refractivity contribution in [2.45, 2.75) is 39.2 Å². The Morgan fingerprint density at radius 1 is 1.36 bits per heavy atom. The van der Waals surface area contributed by atoms with E-state index in [1.165, 1.54) is 4.90 Å². The number of hydrogen-bond acceptors (Lipinski definition) is 3. The van der Waals surface area contributed by atoms with Crippen molar-refractivity contribution in [3.8, 4) is 0 Å². The van der Waals surface area contributed by atoms with Gasteiger partial charge in [-0.3, -0.25) is 14.4 Å². The molecule has 1 atom stereocenters. The highest BCUT2D eigenvalue weighted by molar-refractivity contribution is 5.98. The van der Waals surface area contributed by atoms with Gasteiger partial charge in [0.05, 0.1) is 0 Å². The van der Waals surface area contributed by atoms with Crippen molar-refractivity contribution in [2.75, 3.05) is 11.9 Å². The first-order valence-electron chi connectivity index (χ1n) is 7.38. The van der Waals surface area contributed by atoms with Crippen molar-refractivity contribution in [3.63, 3.8) is 0 Å². The van der Waals surface area contributed by atoms with Gasteiger partial charge >= 0.3 is 5.97 Å². The molecule has 0 saturated heterocycles. The number of fused-ring (bicyclic) bond motifs is 1. The van der Waals surface area contributed by atoms with Gasteiger partial charge in [0.25, 0.3) is 5.91 Å². The molecule has 118 valence electrons. The SMILES string of the molecule is CCC(C)N(CC(=O)O)C(=O)c1ccc2c(c1)CCC(=O)N2. The molecule has 0 saturated carbocycles. The molecule has 0 spiro atoms. The highest BCUT2D eigenvalue weighted by atomic mass is 16.4. The van der Waals surface area contributed by atoms with E-state index in [2.05, 4.69) is 5.32 Å². The third-order valence-corrected chi connectivity index (χ3v) is 3.94. The lowest BCUT2D eigenvalue weighted by molar-refractivity contribution is -0.138. The molecule has 1 aliphatic heterocycles. The average molecular weight is 304 g/mol. The highest BCUT2D eigenvalue weighted by Crippen LogP contribution is 2.24. The molecular weight excluding hydrogens is 284 g/mol. The third kappa shape index (κ3) is 3.44. The van der Waals surface area contributed by atoms with Gasteiger partial charge in [0.2, 0.25) is 5.91 Å². The van der Waals surface area contributed by atoms with Crippen LogP contribution in [0.15, 0.2) is 18.2 Å². The Hall–Kier alpha value is -2.37. The van der Waals surface area contributed by atoms with Gasteiger partial charge in [0, 0.05) is 23.7 Å². The van der Waals surface area contributed by atoms with E-state index in [4.69, 9.17) is 5.11 Å². The Balaban J connectivity index is 2.27. The van der Waals surface area contributed by atoms with E-state index in [0.29, 0.717) is 24.8 Å². The number of carboxylic acids is 1. The molecule has 1 aromatic carbocycles. The van der Waals surface area contributed by atoms with Crippen molar-refractivity contribution in [1.29, 1.82) is 0 Å². The number of rotatable bonds is 5. The minimum atomic E-state index is -1.03. The molecule has 0 bridgehead atoms. The molecule has 1 aliphatic rings. The predicted molar refractivity (Wildman–Crippen MR) is 81.8 cm³/mol. The summed E-state index contributed by atoms with van der Waals surface area (Å²) in [4.78, 5) is 36.3. The van der Waals surface area contributed by atoms with Gasteiger partial charge < -0.3 is 15.3 Å². The average Bonchev–Trinajstić information content (AvgIpc) is 2.50. The van der Waals surface area contributed by atoms with Crippen LogP contribution in [0.3, 0.4) is 0 Å². The minimum Gasteiger partial charge on any atom is -0.480 e. The Morgan fingerprint density at radius 3 is 2.73 bits per heavy atom. The number of aryl methyl sites for hydroxylation is 1. The van der Waals surface area contributed by atoms with E-state index in [0.717, 1.165) is 11.3 Å². The molecule has 22 heavy (non-hydrogen) atoms. The molecule has 1 aromatic rings. The van der Waals surface area contributed by atoms with Gasteiger partial charge in [-0.2, -0.15) is 0 Å². The third-order valence-electron chi connectivity index (χ3n) is 3.94. The molecule has 2 rings (SSSR count). The minimum absolute atomic E-state index is 0.0290. The normalized spacial score (nSPS) is 14.7. The van der Waals surface area contributed by atoms with Crippen LogP contribution in [0.25, 0.3) is 0 Å². The Kier molecular flexibility index (Phi) is 4.80. The summed E-state index contributed by atoms with van der Waals surface area (Å²) in [5.41, 5.74) is 2.09. The van der Waals surface area contributed by atoms with Crippen LogP contribution in [-0.4, -0.2) is 40.4 Å². The zero-order valence-corrected chi connectivity index (χ0v) is 12.8. The van der Waals surface area contributed by atoms with Crippen LogP contribution in [0.1, 0.15) is 42.6 Å². The number of aliphatic carboxylic acids is 1. The number of nitrogens with zero attached hydrogens (tertiary/aromatic N) is 1. The second kappa shape index (κ2) is 6.60. The van der Waals surface area contributed by atoms with Crippen LogP contribution in [0.5, 0.6) is 0 Å². The van der Waals surface area contributed by atoms with Crippen LogP contribution in [0.4, 0.5) is 5.69 Å². The Morgan fingerprint density at radius 2 is 2.09 bits per heavy atom. The lowest BCUT2D eigenvalue weighted by atomic mass is 9.99. The lowest BCUT2D eigenvalue weighted by Gasteiger charge is -2.27. The van der Waals surface area contributed by atoms with Gasteiger partial charge in [-0.25, -0.2) is 0 Å². The fourth-order valence-electron chi connectivity index (χ4n) is 2.48. The van der Waals surface area contributed by atoms with Gasteiger partial charge in [-0.05, 0) is 43.5 Å². The Labute approximate surface area is 129 Å². The highest BCUT2D eigenvalue weighted by Gasteiger charge is 2.24. The molecule has 0 aromatic heterocycles. The van der Waals surface area contributed by atoms with E-state index < -0.39 is 5.97 Å². The van der Waals surface area contributed by atoms with Crippen molar-refractivity contribution < 1.29 is 19.5 Å². The first-order valence-corrected chi connectivity index (χ1v) is 7.38. The number of carboxylic acid groups (broad SMARTS) is 1. The summed E-state index contributed by atoms with van der Waals surface area (Å²) in [5, 5.41) is 11.8. The summed E-state index contributed by atoms with van der Waals surface area (Å²) >= 11 is 0. The van der Waals surface area contributed by atoms with Crippen LogP contribution < -0.4 is 5.32 Å². The van der Waals surface area contributed by atoms with Crippen molar-refractivity contribution >= 4 is 23.5 Å². The van der Waals surface area contributed by atoms with Crippen molar-refractivity contribution in [3.05, 3.63) is 29.3 Å². The number of nitrogens with one attached hydrogen (secondary N) is 1. The molecule has 1 heterocycles. The molecule has 2 amide bonds. The number of amides is 2. The van der Waals surface area contributed by atoms with Gasteiger partial charge in [0.1, 0.15) is 6.54 Å². The molecule has 6 nitrogen and oxygen atoms in total. The van der Waals surface area contributed by atoms with Gasteiger partial charge in [-0.1, -0.05) is 6.92 Å². The zero-order valence-electron chi connectivity index (χ0n) is 12.8. The van der Waals surface area contributed by atoms with Crippen LogP contribution in [-0.2, 0) is 16.0 Å². The number of hydrogen-bond donors (Lipinski definition) is 2. The molecule has 0 aliphatic carbocycles. The van der Waals surface area contributed by atoms with Crippen LogP contribution in [0.2, 0.25) is 0 Å². The second-order valence-corrected chi connectivity index (χ2v) is 5.50. The summed E-state index contributed by atoms with van der Waals surface area (Å²) in [5.74, 6) is -1.35. The van der Waals surface area contributed by atoms with Gasteiger partial charge in [0.15, 0.2) is 0 Å². The number of anilines is 1. The maximum Gasteiger partial charge on any atom is 0.323 e. The van der Waals surface area contributed by atoms with Crippen LogP contribution >= 0.6 is 0 Å². The number of carbonyl (C=O) groups is 3. The van der Waals surface area contributed by atoms with Gasteiger partial charge in [-0.15, -0.1) is 0 Å². The standard InChI is InChI=1S/C16H20N2O4/c1-3-10(2)18(9-15(20)21)16(22)12-4-6-13-11(8-12)5-7-14(19)17-13/h4,6,8,10H,3,5,7,9H2,1-2H3,(H,17,19)(H,20,21). The number of carbonyl (C=O) groups excluding carboxylic acids is 2. The fraction of sp³-hybridized carbons (Fsp3) is 0.438. The summed E-state index contributed by atoms with van der Waals surface area (Å²) < 4.78 is 0. The van der Waals surface area contributed by atoms with Crippen LogP contribution in [0, 0.1) is 0 Å². The molecule has 6 heteroatoms. The monoisotopic (exact) mass is 304 g/mol. The van der Waals surface area contributed by atoms with E-state index in [1.54, 1.807) is 18.2 Å². The predicted octanol–water partition coefficient (Wildman–Crippen LogP) is 1.90. The molecule has 1 unspecified atom stereocenters. The summed E-state index contributed by atoms with van der Waals surface area (Å²) in [7, 11) is 0. The maximum atomic E-state index is 12.6. The van der Waals surface area contributed by atoms with E-state index in [1.807, 2.05) is 13.8 Å². The molecule has 0 fully saturated rings. The largest absolute Gasteiger partial charge is 0.480 e. The molecule has 0 radical (unpaired) electrons. The Bertz CT molecular complexity index is 612. The lowest BCUT2D eigenvalue weighted by Crippen LogP contribution is -2.41. The van der Waals surface area contributed by atoms with E-state index in [-0.39, 0.29) is 24.4 Å². The smallest absolute Gasteiger partial charge is 0.323 e. The first-order chi connectivity index (χ1) is 10.4. The first kappa shape index (κ1) is 16.0. The van der Waals surface area contributed by atoms with Crippen molar-refractivity contribution in [2.24, 2.45) is 0 Å². The summed E-state index contributed by atoms with van der Waals surface area (Å²) in [6.07, 6.45) is 1.67. The quantitative estimate of drug-likeness (QED) is 0.869. The topological polar surface area (TPSA) is 86.7 Å². The summed E-state index contributed by atoms with van der Waals surface area (Å²) in [6.45, 7) is 3.43. The maximum absolute atomic E-state index is 12.6. The molecule has 2 N–H and O–H groups in total. The van der Waals surface area contributed by atoms with Crippen molar-refractivity contribution in [1.82, 2.24) is 4.90 Å². The fourth-order valence-corrected chi connectivity index (χ4v) is 2.48. The van der Waals surface area contributed by atoms with E-state index in [9.17, 15) is 14.4 Å². The zero-order chi connectivity index (χ0) is 16.3.